The van der Waals surface area contributed by atoms with Gasteiger partial charge in [-0.3, -0.25) is 9.59 Å². The maximum atomic E-state index is 13.5. The molecule has 0 fully saturated rings. The summed E-state index contributed by atoms with van der Waals surface area (Å²) in [6.07, 6.45) is 0. The van der Waals surface area contributed by atoms with Crippen molar-refractivity contribution in [2.45, 2.75) is 13.5 Å². The van der Waals surface area contributed by atoms with Crippen LogP contribution in [-0.2, 0) is 16.1 Å². The minimum absolute atomic E-state index is 0.269. The van der Waals surface area contributed by atoms with E-state index in [2.05, 4.69) is 0 Å². The van der Waals surface area contributed by atoms with E-state index in [0.717, 1.165) is 11.1 Å². The number of halogens is 2. The molecule has 156 valence electrons. The van der Waals surface area contributed by atoms with Crippen molar-refractivity contribution >= 4 is 46.3 Å². The van der Waals surface area contributed by atoms with Gasteiger partial charge in [-0.1, -0.05) is 77.3 Å². The third kappa shape index (κ3) is 4.09. The number of nitrogens with zero attached hydrogens (tertiary/aromatic N) is 2. The second kappa shape index (κ2) is 8.58. The highest BCUT2D eigenvalue weighted by Crippen LogP contribution is 2.38. The first-order valence-corrected chi connectivity index (χ1v) is 10.5. The van der Waals surface area contributed by atoms with Crippen LogP contribution in [-0.4, -0.2) is 23.8 Å². The highest BCUT2D eigenvalue weighted by atomic mass is 35.5. The summed E-state index contributed by atoms with van der Waals surface area (Å²) < 4.78 is 0. The molecule has 0 saturated heterocycles. The van der Waals surface area contributed by atoms with Gasteiger partial charge in [0.2, 0.25) is 0 Å². The molecule has 4 rings (SSSR count). The van der Waals surface area contributed by atoms with Crippen molar-refractivity contribution in [2.24, 2.45) is 0 Å². The van der Waals surface area contributed by atoms with Gasteiger partial charge in [0, 0.05) is 24.2 Å². The van der Waals surface area contributed by atoms with Crippen molar-refractivity contribution in [1.82, 2.24) is 4.90 Å². The molecule has 6 heteroatoms. The van der Waals surface area contributed by atoms with E-state index in [1.165, 1.54) is 4.90 Å². The molecular formula is C25H20Cl2N2O2. The van der Waals surface area contributed by atoms with Crippen LogP contribution in [0.5, 0.6) is 0 Å². The van der Waals surface area contributed by atoms with E-state index >= 15 is 0 Å². The van der Waals surface area contributed by atoms with Gasteiger partial charge in [0.15, 0.2) is 0 Å². The minimum atomic E-state index is -0.409. The zero-order valence-electron chi connectivity index (χ0n) is 17.1. The lowest BCUT2D eigenvalue weighted by molar-refractivity contribution is -0.120. The number of carbonyl (C=O) groups is 2. The molecular weight excluding hydrogens is 431 g/mol. The quantitative estimate of drug-likeness (QED) is 0.466. The van der Waals surface area contributed by atoms with E-state index in [-0.39, 0.29) is 11.5 Å². The van der Waals surface area contributed by atoms with Gasteiger partial charge in [0.1, 0.15) is 5.70 Å². The van der Waals surface area contributed by atoms with Crippen LogP contribution in [0.15, 0.2) is 78.5 Å². The van der Waals surface area contributed by atoms with Crippen molar-refractivity contribution in [1.29, 1.82) is 0 Å². The molecule has 1 aliphatic rings. The van der Waals surface area contributed by atoms with Crippen molar-refractivity contribution in [2.75, 3.05) is 11.9 Å². The minimum Gasteiger partial charge on any atom is -0.365 e. The van der Waals surface area contributed by atoms with E-state index < -0.39 is 5.91 Å². The fourth-order valence-corrected chi connectivity index (χ4v) is 4.17. The Morgan fingerprint density at radius 1 is 0.871 bits per heavy atom. The molecule has 31 heavy (non-hydrogen) atoms. The summed E-state index contributed by atoms with van der Waals surface area (Å²) in [5.41, 5.74) is 3.64. The molecule has 0 N–H and O–H groups in total. The highest BCUT2D eigenvalue weighted by Gasteiger charge is 2.42. The van der Waals surface area contributed by atoms with Crippen LogP contribution in [0.3, 0.4) is 0 Å². The number of benzene rings is 3. The second-order valence-corrected chi connectivity index (χ2v) is 8.31. The van der Waals surface area contributed by atoms with Crippen LogP contribution in [0, 0.1) is 6.92 Å². The summed E-state index contributed by atoms with van der Waals surface area (Å²) in [5, 5.41) is 0.778. The first kappa shape index (κ1) is 21.2. The van der Waals surface area contributed by atoms with Crippen molar-refractivity contribution in [3.63, 3.8) is 0 Å². The lowest BCUT2D eigenvalue weighted by Crippen LogP contribution is -2.34. The molecule has 3 aromatic carbocycles. The zero-order chi connectivity index (χ0) is 22.1. The molecule has 0 unspecified atom stereocenters. The Morgan fingerprint density at radius 2 is 1.55 bits per heavy atom. The smallest absolute Gasteiger partial charge is 0.282 e. The monoisotopic (exact) mass is 450 g/mol. The van der Waals surface area contributed by atoms with Crippen LogP contribution < -0.4 is 4.90 Å². The number of amides is 2. The van der Waals surface area contributed by atoms with E-state index in [0.29, 0.717) is 33.5 Å². The Bertz CT molecular complexity index is 1190. The van der Waals surface area contributed by atoms with Gasteiger partial charge < -0.3 is 4.90 Å². The molecule has 0 spiro atoms. The number of anilines is 1. The predicted molar refractivity (Wildman–Crippen MR) is 125 cm³/mol. The van der Waals surface area contributed by atoms with Crippen LogP contribution in [0.25, 0.3) is 5.57 Å². The van der Waals surface area contributed by atoms with Crippen LogP contribution in [0.4, 0.5) is 5.69 Å². The Balaban J connectivity index is 1.83. The molecule has 0 bridgehead atoms. The highest BCUT2D eigenvalue weighted by molar-refractivity contribution is 6.47. The SMILES string of the molecule is Cc1ccc(N2C(=O)C(c3ccc(Cl)cc3Cl)=C(N(C)Cc3ccccc3)C2=O)cc1. The van der Waals surface area contributed by atoms with E-state index in [1.54, 1.807) is 42.3 Å². The fourth-order valence-electron chi connectivity index (χ4n) is 3.67. The summed E-state index contributed by atoms with van der Waals surface area (Å²) in [4.78, 5) is 30.1. The standard InChI is InChI=1S/C25H20Cl2N2O2/c1-16-8-11-19(12-9-16)29-24(30)22(20-13-10-18(26)14-21(20)27)23(25(29)31)28(2)15-17-6-4-3-5-7-17/h3-14H,15H2,1-2H3. The molecule has 0 atom stereocenters. The predicted octanol–water partition coefficient (Wildman–Crippen LogP) is 5.72. The van der Waals surface area contributed by atoms with E-state index in [1.807, 2.05) is 49.4 Å². The average Bonchev–Trinajstić information content (AvgIpc) is 3.00. The van der Waals surface area contributed by atoms with Gasteiger partial charge >= 0.3 is 0 Å². The van der Waals surface area contributed by atoms with Gasteiger partial charge in [-0.2, -0.15) is 0 Å². The molecule has 0 saturated carbocycles. The summed E-state index contributed by atoms with van der Waals surface area (Å²) in [6.45, 7) is 2.42. The Hall–Kier alpha value is -3.08. The molecule has 1 heterocycles. The van der Waals surface area contributed by atoms with Crippen molar-refractivity contribution < 1.29 is 9.59 Å². The van der Waals surface area contributed by atoms with E-state index in [9.17, 15) is 9.59 Å². The Kier molecular flexibility index (Phi) is 5.86. The number of aryl methyl sites for hydroxylation is 1. The van der Waals surface area contributed by atoms with Gasteiger partial charge in [-0.25, -0.2) is 4.90 Å². The zero-order valence-corrected chi connectivity index (χ0v) is 18.6. The Labute approximate surface area is 191 Å². The summed E-state index contributed by atoms with van der Waals surface area (Å²) >= 11 is 12.5. The first-order valence-electron chi connectivity index (χ1n) is 9.77. The number of likely N-dealkylation sites (N-methyl/N-ethyl adjacent to an activating group) is 1. The van der Waals surface area contributed by atoms with Crippen molar-refractivity contribution in [3.05, 3.63) is 105 Å². The van der Waals surface area contributed by atoms with Crippen LogP contribution in [0.1, 0.15) is 16.7 Å². The molecule has 4 nitrogen and oxygen atoms in total. The summed E-state index contributed by atoms with van der Waals surface area (Å²) in [7, 11) is 1.80. The average molecular weight is 451 g/mol. The number of hydrogen-bond donors (Lipinski definition) is 0. The first-order chi connectivity index (χ1) is 14.9. The van der Waals surface area contributed by atoms with Gasteiger partial charge in [0.25, 0.3) is 11.8 Å². The summed E-state index contributed by atoms with van der Waals surface area (Å²) in [6, 6.07) is 22.0. The van der Waals surface area contributed by atoms with Crippen molar-refractivity contribution in [3.8, 4) is 0 Å². The Morgan fingerprint density at radius 3 is 2.19 bits per heavy atom. The lowest BCUT2D eigenvalue weighted by atomic mass is 10.0. The summed E-state index contributed by atoms with van der Waals surface area (Å²) in [5.74, 6) is -0.790. The number of rotatable bonds is 5. The molecule has 1 aliphatic heterocycles. The molecule has 0 aliphatic carbocycles. The van der Waals surface area contributed by atoms with Crippen LogP contribution >= 0.6 is 23.2 Å². The van der Waals surface area contributed by atoms with Crippen LogP contribution in [0.2, 0.25) is 10.0 Å². The normalized spacial score (nSPS) is 13.9. The molecule has 2 amide bonds. The third-order valence-electron chi connectivity index (χ3n) is 5.20. The lowest BCUT2D eigenvalue weighted by Gasteiger charge is -2.21. The molecule has 3 aromatic rings. The second-order valence-electron chi connectivity index (χ2n) is 7.47. The fraction of sp³-hybridized carbons (Fsp3) is 0.120. The number of carbonyl (C=O) groups excluding carboxylic acids is 2. The van der Waals surface area contributed by atoms with Gasteiger partial charge in [-0.05, 0) is 36.8 Å². The van der Waals surface area contributed by atoms with Gasteiger partial charge in [0.05, 0.1) is 16.3 Å². The molecule has 0 aromatic heterocycles. The maximum Gasteiger partial charge on any atom is 0.282 e. The third-order valence-corrected chi connectivity index (χ3v) is 5.74. The molecule has 0 radical (unpaired) electrons. The van der Waals surface area contributed by atoms with Gasteiger partial charge in [-0.15, -0.1) is 0 Å². The maximum absolute atomic E-state index is 13.5. The largest absolute Gasteiger partial charge is 0.365 e. The van der Waals surface area contributed by atoms with E-state index in [4.69, 9.17) is 23.2 Å². The number of imide groups is 1. The topological polar surface area (TPSA) is 40.6 Å². The number of hydrogen-bond acceptors (Lipinski definition) is 3.